The van der Waals surface area contributed by atoms with E-state index in [2.05, 4.69) is 32.5 Å². The van der Waals surface area contributed by atoms with Crippen molar-refractivity contribution in [3.63, 3.8) is 0 Å². The summed E-state index contributed by atoms with van der Waals surface area (Å²) in [6, 6.07) is 10.9. The summed E-state index contributed by atoms with van der Waals surface area (Å²) in [7, 11) is 0. The molecular formula is C24H28F3N5O3. The lowest BCUT2D eigenvalue weighted by Crippen LogP contribution is -2.50. The van der Waals surface area contributed by atoms with Gasteiger partial charge >= 0.3 is 6.18 Å². The second-order valence-electron chi connectivity index (χ2n) is 8.82. The van der Waals surface area contributed by atoms with E-state index in [9.17, 15) is 22.9 Å². The maximum atomic E-state index is 13.1. The molecule has 2 fully saturated rings. The first-order valence-corrected chi connectivity index (χ1v) is 11.7. The third-order valence-corrected chi connectivity index (χ3v) is 6.50. The van der Waals surface area contributed by atoms with Crippen molar-refractivity contribution in [1.82, 2.24) is 9.88 Å². The quantitative estimate of drug-likeness (QED) is 0.571. The van der Waals surface area contributed by atoms with E-state index in [1.165, 1.54) is 6.20 Å². The Morgan fingerprint density at radius 2 is 1.77 bits per heavy atom. The van der Waals surface area contributed by atoms with Crippen LogP contribution in [0.25, 0.3) is 0 Å². The van der Waals surface area contributed by atoms with Crippen LogP contribution in [0.4, 0.5) is 30.4 Å². The highest BCUT2D eigenvalue weighted by Crippen LogP contribution is 2.37. The van der Waals surface area contributed by atoms with E-state index in [4.69, 9.17) is 4.74 Å². The predicted molar refractivity (Wildman–Crippen MR) is 126 cm³/mol. The molecule has 0 spiro atoms. The highest BCUT2D eigenvalue weighted by atomic mass is 19.4. The van der Waals surface area contributed by atoms with Crippen LogP contribution in [0, 0.1) is 4.91 Å². The lowest BCUT2D eigenvalue weighted by molar-refractivity contribution is -0.139. The van der Waals surface area contributed by atoms with E-state index in [1.54, 1.807) is 0 Å². The van der Waals surface area contributed by atoms with Gasteiger partial charge in [-0.25, -0.2) is 4.98 Å². The molecule has 188 valence electrons. The van der Waals surface area contributed by atoms with E-state index < -0.39 is 17.6 Å². The molecule has 1 aliphatic carbocycles. The third-order valence-electron chi connectivity index (χ3n) is 6.50. The summed E-state index contributed by atoms with van der Waals surface area (Å²) in [6.45, 7) is 2.90. The molecule has 2 aliphatic rings. The van der Waals surface area contributed by atoms with E-state index in [1.807, 2.05) is 23.1 Å². The lowest BCUT2D eigenvalue weighted by Gasteiger charge is -2.36. The van der Waals surface area contributed by atoms with Gasteiger partial charge in [-0.2, -0.15) is 13.2 Å². The second kappa shape index (κ2) is 11.0. The summed E-state index contributed by atoms with van der Waals surface area (Å²) in [5, 5.41) is 5.42. The molecule has 11 heteroatoms. The number of alkyl halides is 3. The molecule has 0 unspecified atom stereocenters. The number of nitroso groups, excluding NO2 is 1. The number of benzene rings is 1. The van der Waals surface area contributed by atoms with Crippen LogP contribution in [0.5, 0.6) is 0 Å². The number of hydrogen-bond donors (Lipinski definition) is 1. The number of aromatic nitrogens is 1. The molecule has 0 bridgehead atoms. The summed E-state index contributed by atoms with van der Waals surface area (Å²) in [5.74, 6) is -0.890. The van der Waals surface area contributed by atoms with Gasteiger partial charge in [0.1, 0.15) is 12.2 Å². The molecule has 2 aromatic rings. The molecule has 1 amide bonds. The highest BCUT2D eigenvalue weighted by molar-refractivity contribution is 5.77. The number of anilines is 2. The van der Waals surface area contributed by atoms with Crippen LogP contribution in [0.1, 0.15) is 31.2 Å². The zero-order chi connectivity index (χ0) is 24.8. The van der Waals surface area contributed by atoms with Crippen molar-refractivity contribution < 1.29 is 22.7 Å². The maximum Gasteiger partial charge on any atom is 0.420 e. The Balaban J connectivity index is 1.19. The molecule has 1 saturated heterocycles. The second-order valence-corrected chi connectivity index (χ2v) is 8.82. The van der Waals surface area contributed by atoms with Gasteiger partial charge in [-0.15, -0.1) is 4.91 Å². The molecule has 35 heavy (non-hydrogen) atoms. The lowest BCUT2D eigenvalue weighted by atomic mass is 9.92. The average molecular weight is 492 g/mol. The average Bonchev–Trinajstić information content (AvgIpc) is 2.88. The molecule has 0 radical (unpaired) electrons. The van der Waals surface area contributed by atoms with E-state index >= 15 is 0 Å². The van der Waals surface area contributed by atoms with E-state index in [-0.39, 0.29) is 30.3 Å². The predicted octanol–water partition coefficient (Wildman–Crippen LogP) is 4.59. The molecule has 2 heterocycles. The standard InChI is InChI=1S/C24H28F3N5O3/c25-24(26,27)21-14-18(15-28-23(21)30-34)29-17-6-8-20(9-7-17)35-16-22(33)32-12-10-31(11-13-32)19-4-2-1-3-5-19/h1-5,14-15,17,20,29H,6-13,16H2. The number of amides is 1. The largest absolute Gasteiger partial charge is 0.420 e. The van der Waals surface area contributed by atoms with Gasteiger partial charge in [-0.1, -0.05) is 18.2 Å². The number of halogens is 3. The Morgan fingerprint density at radius 3 is 2.40 bits per heavy atom. The Kier molecular flexibility index (Phi) is 7.84. The smallest absolute Gasteiger partial charge is 0.381 e. The first kappa shape index (κ1) is 24.9. The Morgan fingerprint density at radius 1 is 1.09 bits per heavy atom. The van der Waals surface area contributed by atoms with Crippen LogP contribution in [-0.2, 0) is 15.7 Å². The number of carbonyl (C=O) groups excluding carboxylic acids is 1. The number of nitrogens with one attached hydrogen (secondary N) is 1. The van der Waals surface area contributed by atoms with Gasteiger partial charge < -0.3 is 19.9 Å². The van der Waals surface area contributed by atoms with Crippen molar-refractivity contribution in [1.29, 1.82) is 0 Å². The van der Waals surface area contributed by atoms with Crippen molar-refractivity contribution in [2.24, 2.45) is 5.18 Å². The van der Waals surface area contributed by atoms with E-state index in [0.29, 0.717) is 38.8 Å². The highest BCUT2D eigenvalue weighted by Gasteiger charge is 2.35. The number of hydrogen-bond acceptors (Lipinski definition) is 7. The van der Waals surface area contributed by atoms with Crippen LogP contribution in [-0.4, -0.2) is 60.7 Å². The molecule has 0 atom stereocenters. The third kappa shape index (κ3) is 6.47. The maximum absolute atomic E-state index is 13.1. The minimum atomic E-state index is -4.71. The SMILES string of the molecule is O=Nc1ncc(NC2CCC(OCC(=O)N3CCN(c4ccccc4)CC3)CC2)cc1C(F)(F)F. The number of carbonyl (C=O) groups is 1. The fraction of sp³-hybridized carbons (Fsp3) is 0.500. The number of nitrogens with zero attached hydrogens (tertiary/aromatic N) is 4. The zero-order valence-corrected chi connectivity index (χ0v) is 19.2. The first-order valence-electron chi connectivity index (χ1n) is 11.7. The molecule has 1 aliphatic heterocycles. The normalized spacial score (nSPS) is 21.0. The first-order chi connectivity index (χ1) is 16.8. The Labute approximate surface area is 201 Å². The fourth-order valence-electron chi connectivity index (χ4n) is 4.56. The van der Waals surface area contributed by atoms with Crippen molar-refractivity contribution in [2.75, 3.05) is 43.0 Å². The molecule has 1 N–H and O–H groups in total. The van der Waals surface area contributed by atoms with Crippen LogP contribution in [0.3, 0.4) is 0 Å². The Hall–Kier alpha value is -3.21. The number of para-hydroxylation sites is 1. The van der Waals surface area contributed by atoms with Gasteiger partial charge in [0.15, 0.2) is 0 Å². The van der Waals surface area contributed by atoms with Crippen molar-refractivity contribution in [3.05, 3.63) is 53.1 Å². The summed E-state index contributed by atoms with van der Waals surface area (Å²) in [4.78, 5) is 30.8. The van der Waals surface area contributed by atoms with Gasteiger partial charge in [-0.05, 0) is 49.1 Å². The topological polar surface area (TPSA) is 87.1 Å². The number of piperazine rings is 1. The summed E-state index contributed by atoms with van der Waals surface area (Å²) in [5.41, 5.74) is 0.194. The summed E-state index contributed by atoms with van der Waals surface area (Å²) in [6.07, 6.45) is -0.827. The summed E-state index contributed by atoms with van der Waals surface area (Å²) < 4.78 is 45.2. The molecule has 1 aromatic heterocycles. The molecule has 8 nitrogen and oxygen atoms in total. The number of pyridine rings is 1. The minimum absolute atomic E-state index is 0.0207. The molecule has 4 rings (SSSR count). The van der Waals surface area contributed by atoms with Gasteiger partial charge in [-0.3, -0.25) is 4.79 Å². The van der Waals surface area contributed by atoms with Gasteiger partial charge in [0.2, 0.25) is 11.7 Å². The van der Waals surface area contributed by atoms with Gasteiger partial charge in [0.25, 0.3) is 0 Å². The van der Waals surface area contributed by atoms with Crippen LogP contribution >= 0.6 is 0 Å². The number of rotatable bonds is 7. The monoisotopic (exact) mass is 491 g/mol. The summed E-state index contributed by atoms with van der Waals surface area (Å²) >= 11 is 0. The van der Waals surface area contributed by atoms with Crippen LogP contribution in [0.15, 0.2) is 47.8 Å². The number of ether oxygens (including phenoxy) is 1. The zero-order valence-electron chi connectivity index (χ0n) is 19.2. The molecule has 1 aromatic carbocycles. The van der Waals surface area contributed by atoms with Gasteiger partial charge in [0, 0.05) is 37.9 Å². The van der Waals surface area contributed by atoms with Crippen molar-refractivity contribution >= 4 is 23.1 Å². The van der Waals surface area contributed by atoms with Crippen molar-refractivity contribution in [2.45, 2.75) is 44.0 Å². The van der Waals surface area contributed by atoms with E-state index in [0.717, 1.165) is 24.8 Å². The fourth-order valence-corrected chi connectivity index (χ4v) is 4.56. The molecular weight excluding hydrogens is 463 g/mol. The molecule has 1 saturated carbocycles. The van der Waals surface area contributed by atoms with Gasteiger partial charge in [0.05, 0.1) is 18.0 Å². The Bertz CT molecular complexity index is 1010. The van der Waals surface area contributed by atoms with Crippen molar-refractivity contribution in [3.8, 4) is 0 Å². The van der Waals surface area contributed by atoms with Crippen LogP contribution in [0.2, 0.25) is 0 Å². The minimum Gasteiger partial charge on any atom is -0.381 e. The van der Waals surface area contributed by atoms with Crippen LogP contribution < -0.4 is 10.2 Å².